The molecule has 1 aromatic heterocycles. The van der Waals surface area contributed by atoms with E-state index in [0.717, 1.165) is 24.6 Å². The van der Waals surface area contributed by atoms with E-state index in [-0.39, 0.29) is 0 Å². The maximum Gasteiger partial charge on any atom is 0.134 e. The Balaban J connectivity index is 1.65. The summed E-state index contributed by atoms with van der Waals surface area (Å²) in [5, 5.41) is 7.32. The molecule has 1 aliphatic heterocycles. The highest BCUT2D eigenvalue weighted by atomic mass is 16.5. The molecular weight excluding hydrogens is 192 g/mol. The maximum absolute atomic E-state index is 5.59. The SMILES string of the molecule is Cc1cc(COCC2CCCCN2)no1. The topological polar surface area (TPSA) is 47.3 Å². The molecule has 1 aliphatic rings. The lowest BCUT2D eigenvalue weighted by molar-refractivity contribution is 0.0872. The quantitative estimate of drug-likeness (QED) is 0.820. The summed E-state index contributed by atoms with van der Waals surface area (Å²) in [6.45, 7) is 4.33. The molecule has 84 valence electrons. The Kier molecular flexibility index (Phi) is 3.75. The molecule has 0 bridgehead atoms. The van der Waals surface area contributed by atoms with Gasteiger partial charge in [-0.25, -0.2) is 0 Å². The molecule has 4 heteroatoms. The van der Waals surface area contributed by atoms with Crippen LogP contribution in [0.25, 0.3) is 0 Å². The van der Waals surface area contributed by atoms with Crippen molar-refractivity contribution in [2.24, 2.45) is 0 Å². The Morgan fingerprint density at radius 1 is 1.60 bits per heavy atom. The van der Waals surface area contributed by atoms with Gasteiger partial charge >= 0.3 is 0 Å². The molecule has 15 heavy (non-hydrogen) atoms. The van der Waals surface area contributed by atoms with Gasteiger partial charge in [-0.05, 0) is 26.3 Å². The molecule has 2 heterocycles. The Labute approximate surface area is 90.0 Å². The van der Waals surface area contributed by atoms with Crippen LogP contribution in [-0.2, 0) is 11.3 Å². The second-order valence-electron chi connectivity index (χ2n) is 4.09. The highest BCUT2D eigenvalue weighted by molar-refractivity contribution is 5.01. The van der Waals surface area contributed by atoms with Crippen LogP contribution in [0, 0.1) is 6.92 Å². The minimum absolute atomic E-state index is 0.520. The summed E-state index contributed by atoms with van der Waals surface area (Å²) in [5.41, 5.74) is 0.878. The highest BCUT2D eigenvalue weighted by Gasteiger charge is 2.12. The fourth-order valence-electron chi connectivity index (χ4n) is 1.86. The predicted octanol–water partition coefficient (Wildman–Crippen LogP) is 1.64. The third-order valence-electron chi connectivity index (χ3n) is 2.66. The molecule has 1 aromatic rings. The number of rotatable bonds is 4. The van der Waals surface area contributed by atoms with Gasteiger partial charge in [-0.2, -0.15) is 0 Å². The molecule has 0 radical (unpaired) electrons. The molecule has 0 aliphatic carbocycles. The summed E-state index contributed by atoms with van der Waals surface area (Å²) >= 11 is 0. The van der Waals surface area contributed by atoms with Gasteiger partial charge < -0.3 is 14.6 Å². The van der Waals surface area contributed by atoms with Crippen molar-refractivity contribution in [3.05, 3.63) is 17.5 Å². The fourth-order valence-corrected chi connectivity index (χ4v) is 1.86. The molecule has 1 atom stereocenters. The largest absolute Gasteiger partial charge is 0.373 e. The van der Waals surface area contributed by atoms with Crippen LogP contribution in [0.3, 0.4) is 0 Å². The first kappa shape index (κ1) is 10.6. The van der Waals surface area contributed by atoms with Gasteiger partial charge in [0, 0.05) is 12.1 Å². The van der Waals surface area contributed by atoms with Crippen molar-refractivity contribution in [2.75, 3.05) is 13.2 Å². The van der Waals surface area contributed by atoms with E-state index in [1.807, 2.05) is 13.0 Å². The van der Waals surface area contributed by atoms with E-state index >= 15 is 0 Å². The molecule has 1 N–H and O–H groups in total. The van der Waals surface area contributed by atoms with Crippen molar-refractivity contribution >= 4 is 0 Å². The minimum atomic E-state index is 0.520. The highest BCUT2D eigenvalue weighted by Crippen LogP contribution is 2.08. The van der Waals surface area contributed by atoms with E-state index < -0.39 is 0 Å². The lowest BCUT2D eigenvalue weighted by Crippen LogP contribution is -2.37. The first-order valence-electron chi connectivity index (χ1n) is 5.58. The molecule has 0 amide bonds. The van der Waals surface area contributed by atoms with Crippen LogP contribution < -0.4 is 5.32 Å². The van der Waals surface area contributed by atoms with Crippen molar-refractivity contribution in [3.8, 4) is 0 Å². The first-order chi connectivity index (χ1) is 7.34. The molecule has 1 saturated heterocycles. The van der Waals surface area contributed by atoms with Crippen LogP contribution in [0.1, 0.15) is 30.7 Å². The van der Waals surface area contributed by atoms with Crippen molar-refractivity contribution < 1.29 is 9.26 Å². The van der Waals surface area contributed by atoms with E-state index in [2.05, 4.69) is 10.5 Å². The molecule has 0 saturated carbocycles. The summed E-state index contributed by atoms with van der Waals surface area (Å²) in [4.78, 5) is 0. The number of nitrogens with one attached hydrogen (secondary N) is 1. The third kappa shape index (κ3) is 3.32. The average Bonchev–Trinajstić information content (AvgIpc) is 2.66. The van der Waals surface area contributed by atoms with Crippen molar-refractivity contribution in [1.82, 2.24) is 10.5 Å². The Bertz CT molecular complexity index is 293. The van der Waals surface area contributed by atoms with Crippen LogP contribution >= 0.6 is 0 Å². The third-order valence-corrected chi connectivity index (χ3v) is 2.66. The maximum atomic E-state index is 5.59. The van der Waals surface area contributed by atoms with Gasteiger partial charge in [0.25, 0.3) is 0 Å². The van der Waals surface area contributed by atoms with Gasteiger partial charge in [0.05, 0.1) is 13.2 Å². The summed E-state index contributed by atoms with van der Waals surface area (Å²) in [5.74, 6) is 0.837. The summed E-state index contributed by atoms with van der Waals surface area (Å²) < 4.78 is 10.5. The molecule has 0 spiro atoms. The van der Waals surface area contributed by atoms with Gasteiger partial charge in [-0.1, -0.05) is 11.6 Å². The molecule has 4 nitrogen and oxygen atoms in total. The zero-order valence-corrected chi connectivity index (χ0v) is 9.16. The van der Waals surface area contributed by atoms with E-state index in [9.17, 15) is 0 Å². The van der Waals surface area contributed by atoms with Gasteiger partial charge in [0.1, 0.15) is 11.5 Å². The number of nitrogens with zero attached hydrogens (tertiary/aromatic N) is 1. The molecule has 1 unspecified atom stereocenters. The van der Waals surface area contributed by atoms with Gasteiger partial charge in [0.15, 0.2) is 0 Å². The minimum Gasteiger partial charge on any atom is -0.373 e. The van der Waals surface area contributed by atoms with Crippen LogP contribution in [0.2, 0.25) is 0 Å². The normalized spacial score (nSPS) is 21.8. The average molecular weight is 210 g/mol. The second kappa shape index (κ2) is 5.28. The lowest BCUT2D eigenvalue weighted by atomic mass is 10.1. The summed E-state index contributed by atoms with van der Waals surface area (Å²) in [7, 11) is 0. The van der Waals surface area contributed by atoms with E-state index in [1.54, 1.807) is 0 Å². The second-order valence-corrected chi connectivity index (χ2v) is 4.09. The summed E-state index contributed by atoms with van der Waals surface area (Å²) in [6.07, 6.45) is 3.82. The molecule has 0 aromatic carbocycles. The molecule has 2 rings (SSSR count). The van der Waals surface area contributed by atoms with Crippen LogP contribution in [0.5, 0.6) is 0 Å². The van der Waals surface area contributed by atoms with E-state index in [4.69, 9.17) is 9.26 Å². The summed E-state index contributed by atoms with van der Waals surface area (Å²) in [6, 6.07) is 2.43. The Hall–Kier alpha value is -0.870. The number of hydrogen-bond acceptors (Lipinski definition) is 4. The van der Waals surface area contributed by atoms with Crippen LogP contribution in [0.4, 0.5) is 0 Å². The molecular formula is C11H18N2O2. The monoisotopic (exact) mass is 210 g/mol. The zero-order valence-electron chi connectivity index (χ0n) is 9.16. The lowest BCUT2D eigenvalue weighted by Gasteiger charge is -2.22. The molecule has 1 fully saturated rings. The zero-order chi connectivity index (χ0) is 10.5. The van der Waals surface area contributed by atoms with Gasteiger partial charge in [-0.15, -0.1) is 0 Å². The number of hydrogen-bond donors (Lipinski definition) is 1. The standard InChI is InChI=1S/C11H18N2O2/c1-9-6-11(13-15-9)8-14-7-10-4-2-3-5-12-10/h6,10,12H,2-5,7-8H2,1H3. The van der Waals surface area contributed by atoms with Gasteiger partial charge in [0.2, 0.25) is 0 Å². The number of aryl methyl sites for hydroxylation is 1. The first-order valence-corrected chi connectivity index (χ1v) is 5.58. The fraction of sp³-hybridized carbons (Fsp3) is 0.727. The van der Waals surface area contributed by atoms with Crippen LogP contribution in [0.15, 0.2) is 10.6 Å². The van der Waals surface area contributed by atoms with Crippen molar-refractivity contribution in [2.45, 2.75) is 38.8 Å². The number of piperidine rings is 1. The van der Waals surface area contributed by atoms with Crippen molar-refractivity contribution in [1.29, 1.82) is 0 Å². The predicted molar refractivity (Wildman–Crippen MR) is 56.5 cm³/mol. The van der Waals surface area contributed by atoms with E-state index in [1.165, 1.54) is 19.3 Å². The van der Waals surface area contributed by atoms with E-state index in [0.29, 0.717) is 12.6 Å². The number of ether oxygens (including phenoxy) is 1. The van der Waals surface area contributed by atoms with Crippen LogP contribution in [-0.4, -0.2) is 24.4 Å². The van der Waals surface area contributed by atoms with Gasteiger partial charge in [-0.3, -0.25) is 0 Å². The Morgan fingerprint density at radius 3 is 3.20 bits per heavy atom. The smallest absolute Gasteiger partial charge is 0.134 e. The Morgan fingerprint density at radius 2 is 2.53 bits per heavy atom. The number of aromatic nitrogens is 1. The van der Waals surface area contributed by atoms with Crippen molar-refractivity contribution in [3.63, 3.8) is 0 Å².